The maximum absolute atomic E-state index is 11.7. The molecule has 18 heavy (non-hydrogen) atoms. The molecule has 0 aliphatic carbocycles. The van der Waals surface area contributed by atoms with Crippen molar-refractivity contribution in [1.82, 2.24) is 5.32 Å². The first-order valence-corrected chi connectivity index (χ1v) is 6.56. The number of halogens is 1. The Kier molecular flexibility index (Phi) is 6.16. The quantitative estimate of drug-likeness (QED) is 0.833. The van der Waals surface area contributed by atoms with E-state index < -0.39 is 0 Å². The molecule has 0 fully saturated rings. The zero-order valence-corrected chi connectivity index (χ0v) is 11.6. The Labute approximate surface area is 113 Å². The van der Waals surface area contributed by atoms with Crippen LogP contribution in [0, 0.1) is 5.92 Å². The molecule has 0 spiro atoms. The Balaban J connectivity index is 2.44. The van der Waals surface area contributed by atoms with Crippen molar-refractivity contribution in [3.63, 3.8) is 0 Å². The zero-order chi connectivity index (χ0) is 13.5. The molecule has 1 atom stereocenters. The number of benzene rings is 1. The largest absolute Gasteiger partial charge is 0.394 e. The van der Waals surface area contributed by atoms with E-state index in [0.717, 1.165) is 5.56 Å². The number of aliphatic hydroxyl groups is 1. The van der Waals surface area contributed by atoms with Crippen LogP contribution >= 0.6 is 11.6 Å². The Bertz CT molecular complexity index is 393. The minimum atomic E-state index is -0.177. The van der Waals surface area contributed by atoms with Gasteiger partial charge in [0.25, 0.3) is 0 Å². The lowest BCUT2D eigenvalue weighted by atomic mass is 10.0. The van der Waals surface area contributed by atoms with Crippen LogP contribution in [0.5, 0.6) is 0 Å². The number of hydrogen-bond donors (Lipinski definition) is 2. The lowest BCUT2D eigenvalue weighted by molar-refractivity contribution is -0.122. The summed E-state index contributed by atoms with van der Waals surface area (Å²) in [4.78, 5) is 11.7. The first kappa shape index (κ1) is 15.0. The van der Waals surface area contributed by atoms with Crippen molar-refractivity contribution in [3.05, 3.63) is 34.9 Å². The van der Waals surface area contributed by atoms with Crippen molar-refractivity contribution in [1.29, 1.82) is 0 Å². The van der Waals surface area contributed by atoms with Crippen LogP contribution in [0.1, 0.15) is 25.8 Å². The summed E-state index contributed by atoms with van der Waals surface area (Å²) in [6.45, 7) is 3.90. The molecule has 0 bridgehead atoms. The van der Waals surface area contributed by atoms with Crippen molar-refractivity contribution in [2.24, 2.45) is 5.92 Å². The number of aryl methyl sites for hydroxylation is 1. The summed E-state index contributed by atoms with van der Waals surface area (Å²) in [5.41, 5.74) is 0.972. The number of nitrogens with one attached hydrogen (secondary N) is 1. The Hall–Kier alpha value is -1.06. The molecule has 2 N–H and O–H groups in total. The number of aliphatic hydroxyl groups excluding tert-OH is 1. The topological polar surface area (TPSA) is 49.3 Å². The van der Waals surface area contributed by atoms with E-state index in [-0.39, 0.29) is 24.5 Å². The van der Waals surface area contributed by atoms with E-state index in [2.05, 4.69) is 5.32 Å². The smallest absolute Gasteiger partial charge is 0.220 e. The van der Waals surface area contributed by atoms with Crippen molar-refractivity contribution < 1.29 is 9.90 Å². The fraction of sp³-hybridized carbons (Fsp3) is 0.500. The van der Waals surface area contributed by atoms with E-state index in [9.17, 15) is 4.79 Å². The van der Waals surface area contributed by atoms with Crippen LogP contribution in [0.25, 0.3) is 0 Å². The molecule has 0 saturated heterocycles. The highest BCUT2D eigenvalue weighted by Gasteiger charge is 2.14. The molecule has 100 valence electrons. The van der Waals surface area contributed by atoms with Gasteiger partial charge in [-0.1, -0.05) is 43.6 Å². The molecule has 4 heteroatoms. The number of carbonyl (C=O) groups excluding carboxylic acids is 1. The van der Waals surface area contributed by atoms with Crippen LogP contribution in [-0.2, 0) is 11.2 Å². The van der Waals surface area contributed by atoms with Gasteiger partial charge in [-0.3, -0.25) is 4.79 Å². The van der Waals surface area contributed by atoms with Gasteiger partial charge in [0.1, 0.15) is 0 Å². The van der Waals surface area contributed by atoms with E-state index in [1.807, 2.05) is 38.1 Å². The lowest BCUT2D eigenvalue weighted by Gasteiger charge is -2.19. The molecule has 1 rings (SSSR count). The molecule has 0 aliphatic heterocycles. The lowest BCUT2D eigenvalue weighted by Crippen LogP contribution is -2.41. The summed E-state index contributed by atoms with van der Waals surface area (Å²) >= 11 is 6.02. The molecule has 1 amide bonds. The molecular weight excluding hydrogens is 250 g/mol. The summed E-state index contributed by atoms with van der Waals surface area (Å²) in [5.74, 6) is 0.168. The number of rotatable bonds is 6. The van der Waals surface area contributed by atoms with Crippen LogP contribution in [0.4, 0.5) is 0 Å². The highest BCUT2D eigenvalue weighted by atomic mass is 35.5. The second-order valence-electron chi connectivity index (χ2n) is 4.69. The van der Waals surface area contributed by atoms with E-state index >= 15 is 0 Å². The van der Waals surface area contributed by atoms with Crippen LogP contribution < -0.4 is 5.32 Å². The van der Waals surface area contributed by atoms with E-state index in [1.165, 1.54) is 0 Å². The average molecular weight is 270 g/mol. The Morgan fingerprint density at radius 2 is 2.06 bits per heavy atom. The SMILES string of the molecule is CC(C)[C@@H](CO)NC(=O)CCc1ccccc1Cl. The van der Waals surface area contributed by atoms with Gasteiger partial charge in [0, 0.05) is 11.4 Å². The molecule has 0 radical (unpaired) electrons. The molecule has 3 nitrogen and oxygen atoms in total. The third-order valence-electron chi connectivity index (χ3n) is 2.93. The Morgan fingerprint density at radius 3 is 2.61 bits per heavy atom. The summed E-state index contributed by atoms with van der Waals surface area (Å²) in [5, 5.41) is 12.7. The van der Waals surface area contributed by atoms with Gasteiger partial charge < -0.3 is 10.4 Å². The van der Waals surface area contributed by atoms with Gasteiger partial charge in [-0.15, -0.1) is 0 Å². The zero-order valence-electron chi connectivity index (χ0n) is 10.8. The molecule has 1 aromatic carbocycles. The van der Waals surface area contributed by atoms with Gasteiger partial charge in [0.2, 0.25) is 5.91 Å². The highest BCUT2D eigenvalue weighted by Crippen LogP contribution is 2.16. The molecule has 0 saturated carbocycles. The maximum Gasteiger partial charge on any atom is 0.220 e. The fourth-order valence-electron chi connectivity index (χ4n) is 1.65. The maximum atomic E-state index is 11.7. The van der Waals surface area contributed by atoms with Gasteiger partial charge in [-0.25, -0.2) is 0 Å². The molecule has 0 aromatic heterocycles. The molecular formula is C14H20ClNO2. The molecule has 0 aliphatic rings. The third kappa shape index (κ3) is 4.67. The van der Waals surface area contributed by atoms with Crippen LogP contribution in [0.3, 0.4) is 0 Å². The average Bonchev–Trinajstić information content (AvgIpc) is 2.34. The second kappa shape index (κ2) is 7.39. The predicted octanol–water partition coefficient (Wildman–Crippen LogP) is 2.41. The van der Waals surface area contributed by atoms with E-state index in [1.54, 1.807) is 0 Å². The minimum absolute atomic E-state index is 0.0322. The minimum Gasteiger partial charge on any atom is -0.394 e. The monoisotopic (exact) mass is 269 g/mol. The summed E-state index contributed by atoms with van der Waals surface area (Å²) < 4.78 is 0. The molecule has 0 unspecified atom stereocenters. The summed E-state index contributed by atoms with van der Waals surface area (Å²) in [7, 11) is 0. The fourth-order valence-corrected chi connectivity index (χ4v) is 1.88. The van der Waals surface area contributed by atoms with Gasteiger partial charge in [0.15, 0.2) is 0 Å². The molecule has 0 heterocycles. The van der Waals surface area contributed by atoms with E-state index in [4.69, 9.17) is 16.7 Å². The first-order chi connectivity index (χ1) is 8.54. The van der Waals surface area contributed by atoms with Gasteiger partial charge in [0.05, 0.1) is 12.6 Å². The van der Waals surface area contributed by atoms with Crippen LogP contribution in [0.15, 0.2) is 24.3 Å². The normalized spacial score (nSPS) is 12.5. The summed E-state index contributed by atoms with van der Waals surface area (Å²) in [6, 6.07) is 7.33. The first-order valence-electron chi connectivity index (χ1n) is 6.18. The predicted molar refractivity (Wildman–Crippen MR) is 73.6 cm³/mol. The van der Waals surface area contributed by atoms with Crippen molar-refractivity contribution in [2.75, 3.05) is 6.61 Å². The van der Waals surface area contributed by atoms with Gasteiger partial charge >= 0.3 is 0 Å². The third-order valence-corrected chi connectivity index (χ3v) is 3.30. The molecule has 1 aromatic rings. The number of hydrogen-bond acceptors (Lipinski definition) is 2. The van der Waals surface area contributed by atoms with Crippen LogP contribution in [-0.4, -0.2) is 23.7 Å². The standard InChI is InChI=1S/C14H20ClNO2/c1-10(2)13(9-17)16-14(18)8-7-11-5-3-4-6-12(11)15/h3-6,10,13,17H,7-9H2,1-2H3,(H,16,18)/t13-/m1/s1. The van der Waals surface area contributed by atoms with Crippen molar-refractivity contribution >= 4 is 17.5 Å². The summed E-state index contributed by atoms with van der Waals surface area (Å²) in [6.07, 6.45) is 0.995. The van der Waals surface area contributed by atoms with Crippen molar-refractivity contribution in [3.8, 4) is 0 Å². The van der Waals surface area contributed by atoms with Crippen LogP contribution in [0.2, 0.25) is 5.02 Å². The number of amides is 1. The Morgan fingerprint density at radius 1 is 1.39 bits per heavy atom. The van der Waals surface area contributed by atoms with E-state index in [0.29, 0.717) is 17.9 Å². The number of carbonyl (C=O) groups is 1. The second-order valence-corrected chi connectivity index (χ2v) is 5.10. The van der Waals surface area contributed by atoms with Gasteiger partial charge in [-0.2, -0.15) is 0 Å². The van der Waals surface area contributed by atoms with Crippen molar-refractivity contribution in [2.45, 2.75) is 32.7 Å². The highest BCUT2D eigenvalue weighted by molar-refractivity contribution is 6.31. The van der Waals surface area contributed by atoms with Gasteiger partial charge in [-0.05, 0) is 24.0 Å².